The molecular formula is C19H19ClN2O2S. The number of carbonyl (C=O) groups is 2. The third-order valence-electron chi connectivity index (χ3n) is 3.81. The van der Waals surface area contributed by atoms with Gasteiger partial charge in [0.2, 0.25) is 11.8 Å². The molecule has 4 nitrogen and oxygen atoms in total. The SMILES string of the molecule is O=C(CCSc1ccccc1Cl)Nc1ccc(NC(=O)C2CC2)cc1. The van der Waals surface area contributed by atoms with E-state index in [2.05, 4.69) is 10.6 Å². The van der Waals surface area contributed by atoms with Crippen LogP contribution < -0.4 is 10.6 Å². The zero-order chi connectivity index (χ0) is 17.6. The first kappa shape index (κ1) is 17.8. The number of anilines is 2. The molecule has 1 saturated carbocycles. The van der Waals surface area contributed by atoms with Crippen LogP contribution in [-0.2, 0) is 9.59 Å². The van der Waals surface area contributed by atoms with E-state index in [1.54, 1.807) is 36.0 Å². The van der Waals surface area contributed by atoms with E-state index in [-0.39, 0.29) is 17.7 Å². The van der Waals surface area contributed by atoms with Crippen molar-refractivity contribution in [3.05, 3.63) is 53.6 Å². The summed E-state index contributed by atoms with van der Waals surface area (Å²) in [6.45, 7) is 0. The number of hydrogen-bond donors (Lipinski definition) is 2. The van der Waals surface area contributed by atoms with Crippen molar-refractivity contribution in [2.75, 3.05) is 16.4 Å². The third kappa shape index (κ3) is 5.51. The second-order valence-electron chi connectivity index (χ2n) is 5.92. The Balaban J connectivity index is 1.43. The summed E-state index contributed by atoms with van der Waals surface area (Å²) >= 11 is 7.66. The molecule has 2 amide bonds. The molecule has 2 aromatic carbocycles. The van der Waals surface area contributed by atoms with Gasteiger partial charge in [-0.05, 0) is 49.2 Å². The number of nitrogens with one attached hydrogen (secondary N) is 2. The zero-order valence-corrected chi connectivity index (χ0v) is 15.2. The molecule has 0 aromatic heterocycles. The van der Waals surface area contributed by atoms with Gasteiger partial charge in [0.05, 0.1) is 5.02 Å². The molecule has 25 heavy (non-hydrogen) atoms. The lowest BCUT2D eigenvalue weighted by Gasteiger charge is -2.08. The standard InChI is InChI=1S/C19H19ClN2O2S/c20-16-3-1-2-4-17(16)25-12-11-18(23)21-14-7-9-15(10-8-14)22-19(24)13-5-6-13/h1-4,7-10,13H,5-6,11-12H2,(H,21,23)(H,22,24). The van der Waals surface area contributed by atoms with Crippen molar-refractivity contribution in [3.63, 3.8) is 0 Å². The molecule has 2 N–H and O–H groups in total. The predicted molar refractivity (Wildman–Crippen MR) is 103 cm³/mol. The van der Waals surface area contributed by atoms with Gasteiger partial charge < -0.3 is 10.6 Å². The topological polar surface area (TPSA) is 58.2 Å². The number of benzene rings is 2. The average Bonchev–Trinajstić information content (AvgIpc) is 3.43. The molecular weight excluding hydrogens is 356 g/mol. The second kappa shape index (κ2) is 8.41. The van der Waals surface area contributed by atoms with Crippen molar-refractivity contribution in [2.45, 2.75) is 24.2 Å². The molecule has 0 heterocycles. The molecule has 0 atom stereocenters. The fraction of sp³-hybridized carbons (Fsp3) is 0.263. The van der Waals surface area contributed by atoms with Gasteiger partial charge in [0.15, 0.2) is 0 Å². The Kier molecular flexibility index (Phi) is 6.00. The quantitative estimate of drug-likeness (QED) is 0.684. The molecule has 2 aromatic rings. The Morgan fingerprint density at radius 3 is 2.28 bits per heavy atom. The van der Waals surface area contributed by atoms with Crippen molar-refractivity contribution in [3.8, 4) is 0 Å². The lowest BCUT2D eigenvalue weighted by atomic mass is 10.2. The van der Waals surface area contributed by atoms with Crippen molar-refractivity contribution >= 4 is 46.6 Å². The Labute approximate surface area is 156 Å². The third-order valence-corrected chi connectivity index (χ3v) is 5.32. The molecule has 130 valence electrons. The molecule has 0 saturated heterocycles. The van der Waals surface area contributed by atoms with Gasteiger partial charge in [-0.25, -0.2) is 0 Å². The highest BCUT2D eigenvalue weighted by Crippen LogP contribution is 2.30. The van der Waals surface area contributed by atoms with Crippen LogP contribution in [0.25, 0.3) is 0 Å². The highest BCUT2D eigenvalue weighted by molar-refractivity contribution is 7.99. The molecule has 0 radical (unpaired) electrons. The number of hydrogen-bond acceptors (Lipinski definition) is 3. The summed E-state index contributed by atoms with van der Waals surface area (Å²) in [6, 6.07) is 14.8. The Morgan fingerprint density at radius 2 is 1.64 bits per heavy atom. The molecule has 0 aliphatic heterocycles. The normalized spacial score (nSPS) is 13.3. The van der Waals surface area contributed by atoms with Crippen LogP contribution in [0.5, 0.6) is 0 Å². The maximum atomic E-state index is 12.0. The maximum Gasteiger partial charge on any atom is 0.227 e. The van der Waals surface area contributed by atoms with E-state index in [1.165, 1.54) is 0 Å². The van der Waals surface area contributed by atoms with Crippen LogP contribution in [0.2, 0.25) is 5.02 Å². The van der Waals surface area contributed by atoms with Crippen LogP contribution in [0.4, 0.5) is 11.4 Å². The van der Waals surface area contributed by atoms with Gasteiger partial charge in [-0.2, -0.15) is 0 Å². The minimum Gasteiger partial charge on any atom is -0.326 e. The summed E-state index contributed by atoms with van der Waals surface area (Å²) in [6.07, 6.45) is 2.36. The summed E-state index contributed by atoms with van der Waals surface area (Å²) in [4.78, 5) is 24.7. The largest absolute Gasteiger partial charge is 0.326 e. The van der Waals surface area contributed by atoms with Crippen LogP contribution in [0, 0.1) is 5.92 Å². The number of amides is 2. The summed E-state index contributed by atoms with van der Waals surface area (Å²) < 4.78 is 0. The Hall–Kier alpha value is -1.98. The van der Waals surface area contributed by atoms with Crippen LogP contribution >= 0.6 is 23.4 Å². The lowest BCUT2D eigenvalue weighted by molar-refractivity contribution is -0.117. The molecule has 1 aliphatic carbocycles. The molecule has 0 bridgehead atoms. The average molecular weight is 375 g/mol. The molecule has 1 aliphatic rings. The van der Waals surface area contributed by atoms with E-state index >= 15 is 0 Å². The fourth-order valence-electron chi connectivity index (χ4n) is 2.27. The van der Waals surface area contributed by atoms with E-state index in [1.807, 2.05) is 24.3 Å². The molecule has 1 fully saturated rings. The van der Waals surface area contributed by atoms with Crippen molar-refractivity contribution in [2.24, 2.45) is 5.92 Å². The Bertz CT molecular complexity index is 760. The summed E-state index contributed by atoms with van der Waals surface area (Å²) in [5.41, 5.74) is 1.47. The first-order valence-electron chi connectivity index (χ1n) is 8.20. The lowest BCUT2D eigenvalue weighted by Crippen LogP contribution is -2.14. The van der Waals surface area contributed by atoms with E-state index in [4.69, 9.17) is 11.6 Å². The summed E-state index contributed by atoms with van der Waals surface area (Å²) in [7, 11) is 0. The van der Waals surface area contributed by atoms with Gasteiger partial charge in [-0.15, -0.1) is 11.8 Å². The molecule has 0 spiro atoms. The van der Waals surface area contributed by atoms with Crippen LogP contribution in [-0.4, -0.2) is 17.6 Å². The molecule has 0 unspecified atom stereocenters. The van der Waals surface area contributed by atoms with Crippen molar-refractivity contribution in [1.29, 1.82) is 0 Å². The first-order chi connectivity index (χ1) is 12.1. The van der Waals surface area contributed by atoms with Crippen LogP contribution in [0.1, 0.15) is 19.3 Å². The van der Waals surface area contributed by atoms with Gasteiger partial charge in [0.1, 0.15) is 0 Å². The number of halogens is 1. The van der Waals surface area contributed by atoms with Crippen LogP contribution in [0.15, 0.2) is 53.4 Å². The van der Waals surface area contributed by atoms with E-state index in [9.17, 15) is 9.59 Å². The highest BCUT2D eigenvalue weighted by Gasteiger charge is 2.29. The second-order valence-corrected chi connectivity index (χ2v) is 7.46. The zero-order valence-electron chi connectivity index (χ0n) is 13.6. The molecule has 6 heteroatoms. The van der Waals surface area contributed by atoms with Crippen molar-refractivity contribution in [1.82, 2.24) is 0 Å². The monoisotopic (exact) mass is 374 g/mol. The van der Waals surface area contributed by atoms with E-state index in [0.717, 1.165) is 29.1 Å². The summed E-state index contributed by atoms with van der Waals surface area (Å²) in [5, 5.41) is 6.44. The van der Waals surface area contributed by atoms with Gasteiger partial charge in [-0.3, -0.25) is 9.59 Å². The van der Waals surface area contributed by atoms with Crippen molar-refractivity contribution < 1.29 is 9.59 Å². The Morgan fingerprint density at radius 1 is 1.00 bits per heavy atom. The van der Waals surface area contributed by atoms with Gasteiger partial charge in [0.25, 0.3) is 0 Å². The number of rotatable bonds is 7. The predicted octanol–water partition coefficient (Wildman–Crippen LogP) is 4.81. The number of carbonyl (C=O) groups excluding carboxylic acids is 2. The van der Waals surface area contributed by atoms with Gasteiger partial charge in [0, 0.05) is 34.4 Å². The van der Waals surface area contributed by atoms with Gasteiger partial charge in [-0.1, -0.05) is 23.7 Å². The first-order valence-corrected chi connectivity index (χ1v) is 9.56. The van der Waals surface area contributed by atoms with E-state index in [0.29, 0.717) is 17.2 Å². The minimum atomic E-state index is -0.0469. The summed E-state index contributed by atoms with van der Waals surface area (Å²) in [5.74, 6) is 0.864. The molecule has 3 rings (SSSR count). The number of thioether (sulfide) groups is 1. The fourth-order valence-corrected chi connectivity index (χ4v) is 3.45. The van der Waals surface area contributed by atoms with E-state index < -0.39 is 0 Å². The van der Waals surface area contributed by atoms with Crippen LogP contribution in [0.3, 0.4) is 0 Å². The maximum absolute atomic E-state index is 12.0. The minimum absolute atomic E-state index is 0.0469. The van der Waals surface area contributed by atoms with Gasteiger partial charge >= 0.3 is 0 Å². The highest BCUT2D eigenvalue weighted by atomic mass is 35.5. The smallest absolute Gasteiger partial charge is 0.227 e.